The Hall–Kier alpha value is -1.77. The minimum Gasteiger partial charge on any atom is -0.390 e. The van der Waals surface area contributed by atoms with Crippen molar-refractivity contribution in [2.24, 2.45) is 5.92 Å². The number of aromatic nitrogens is 4. The largest absolute Gasteiger partial charge is 0.390 e. The molecule has 29 heavy (non-hydrogen) atoms. The van der Waals surface area contributed by atoms with Crippen molar-refractivity contribution in [3.63, 3.8) is 0 Å². The normalized spacial score (nSPS) is 16.2. The van der Waals surface area contributed by atoms with Crippen LogP contribution in [0.15, 0.2) is 17.4 Å². The van der Waals surface area contributed by atoms with E-state index in [1.54, 1.807) is 11.3 Å². The van der Waals surface area contributed by atoms with Crippen LogP contribution in [0, 0.1) is 19.8 Å². The Labute approximate surface area is 179 Å². The van der Waals surface area contributed by atoms with Crippen LogP contribution in [0.1, 0.15) is 44.0 Å². The molecule has 0 radical (unpaired) electrons. The molecule has 3 aromatic rings. The SMILES string of the molecule is CCC(CCNc1nc(SC)nc(C)c1-c1nc2c(C)nccc2s1)C1(O)CC1. The molecule has 1 aliphatic carbocycles. The smallest absolute Gasteiger partial charge is 0.189 e. The molecular weight excluding hydrogens is 402 g/mol. The number of anilines is 1. The Morgan fingerprint density at radius 2 is 2.03 bits per heavy atom. The van der Waals surface area contributed by atoms with Gasteiger partial charge in [-0.05, 0) is 51.3 Å². The molecule has 2 N–H and O–H groups in total. The summed E-state index contributed by atoms with van der Waals surface area (Å²) in [6, 6.07) is 2.01. The number of fused-ring (bicyclic) bond motifs is 1. The first-order chi connectivity index (χ1) is 13.9. The molecule has 1 aliphatic rings. The first kappa shape index (κ1) is 20.5. The van der Waals surface area contributed by atoms with E-state index >= 15 is 0 Å². The van der Waals surface area contributed by atoms with Crippen LogP contribution in [0.3, 0.4) is 0 Å². The summed E-state index contributed by atoms with van der Waals surface area (Å²) in [5.74, 6) is 1.15. The number of nitrogens with zero attached hydrogens (tertiary/aromatic N) is 4. The monoisotopic (exact) mass is 429 g/mol. The number of rotatable bonds is 8. The Balaban J connectivity index is 1.65. The highest BCUT2D eigenvalue weighted by Crippen LogP contribution is 2.45. The third kappa shape index (κ3) is 4.11. The van der Waals surface area contributed by atoms with Gasteiger partial charge in [-0.15, -0.1) is 11.3 Å². The first-order valence-electron chi connectivity index (χ1n) is 10.1. The second-order valence-electron chi connectivity index (χ2n) is 7.71. The van der Waals surface area contributed by atoms with Crippen LogP contribution in [0.25, 0.3) is 20.8 Å². The number of hydrogen-bond donors (Lipinski definition) is 2. The van der Waals surface area contributed by atoms with Gasteiger partial charge in [-0.25, -0.2) is 15.0 Å². The van der Waals surface area contributed by atoms with Crippen molar-refractivity contribution in [2.75, 3.05) is 18.1 Å². The van der Waals surface area contributed by atoms with Crippen molar-refractivity contribution < 1.29 is 5.11 Å². The van der Waals surface area contributed by atoms with E-state index in [0.29, 0.717) is 5.92 Å². The van der Waals surface area contributed by atoms with Crippen LogP contribution in [0.2, 0.25) is 0 Å². The van der Waals surface area contributed by atoms with E-state index in [-0.39, 0.29) is 0 Å². The van der Waals surface area contributed by atoms with E-state index in [0.717, 1.165) is 75.4 Å². The predicted molar refractivity (Wildman–Crippen MR) is 121 cm³/mol. The van der Waals surface area contributed by atoms with Gasteiger partial charge in [-0.1, -0.05) is 25.1 Å². The lowest BCUT2D eigenvalue weighted by Gasteiger charge is -2.21. The molecule has 0 amide bonds. The van der Waals surface area contributed by atoms with Gasteiger partial charge in [-0.3, -0.25) is 4.98 Å². The number of pyridine rings is 1. The van der Waals surface area contributed by atoms with E-state index in [1.807, 2.05) is 32.4 Å². The van der Waals surface area contributed by atoms with Crippen LogP contribution >= 0.6 is 23.1 Å². The Morgan fingerprint density at radius 1 is 1.24 bits per heavy atom. The molecule has 1 atom stereocenters. The fourth-order valence-electron chi connectivity index (χ4n) is 3.87. The van der Waals surface area contributed by atoms with Gasteiger partial charge in [0.1, 0.15) is 16.3 Å². The molecule has 0 bridgehead atoms. The maximum absolute atomic E-state index is 10.5. The fourth-order valence-corrected chi connectivity index (χ4v) is 5.39. The summed E-state index contributed by atoms with van der Waals surface area (Å²) >= 11 is 3.18. The standard InChI is InChI=1S/C21H27N5OS2/c1-5-14(21(27)8-9-21)6-10-23-18-16(12(2)24-20(26-18)28-4)19-25-17-13(3)22-11-7-15(17)29-19/h7,11,14,27H,5-6,8-10H2,1-4H3,(H,23,24,26). The molecule has 1 saturated carbocycles. The average molecular weight is 430 g/mol. The van der Waals surface area contributed by atoms with E-state index in [4.69, 9.17) is 9.97 Å². The zero-order valence-electron chi connectivity index (χ0n) is 17.3. The molecule has 0 aromatic carbocycles. The summed E-state index contributed by atoms with van der Waals surface area (Å²) in [4.78, 5) is 18.6. The third-order valence-corrected chi connectivity index (χ3v) is 7.34. The van der Waals surface area contributed by atoms with Crippen molar-refractivity contribution in [3.8, 4) is 10.6 Å². The molecule has 0 spiro atoms. The van der Waals surface area contributed by atoms with Crippen molar-refractivity contribution in [1.29, 1.82) is 0 Å². The summed E-state index contributed by atoms with van der Waals surface area (Å²) < 4.78 is 1.12. The van der Waals surface area contributed by atoms with Crippen LogP contribution in [-0.2, 0) is 0 Å². The van der Waals surface area contributed by atoms with Gasteiger partial charge >= 0.3 is 0 Å². The summed E-state index contributed by atoms with van der Waals surface area (Å²) in [7, 11) is 0. The molecule has 4 rings (SSSR count). The van der Waals surface area contributed by atoms with E-state index in [1.165, 1.54) is 11.8 Å². The van der Waals surface area contributed by atoms with Gasteiger partial charge in [0.05, 0.1) is 27.3 Å². The number of aryl methyl sites for hydroxylation is 2. The zero-order chi connectivity index (χ0) is 20.6. The Morgan fingerprint density at radius 3 is 2.69 bits per heavy atom. The fraction of sp³-hybridized carbons (Fsp3) is 0.524. The van der Waals surface area contributed by atoms with Crippen LogP contribution in [0.4, 0.5) is 5.82 Å². The molecule has 154 valence electrons. The van der Waals surface area contributed by atoms with Gasteiger partial charge in [0.15, 0.2) is 5.16 Å². The summed E-state index contributed by atoms with van der Waals surface area (Å²) in [6.07, 6.45) is 7.59. The Bertz CT molecular complexity index is 1030. The van der Waals surface area contributed by atoms with Crippen molar-refractivity contribution in [3.05, 3.63) is 23.7 Å². The van der Waals surface area contributed by atoms with Gasteiger partial charge in [-0.2, -0.15) is 0 Å². The summed E-state index contributed by atoms with van der Waals surface area (Å²) in [5.41, 5.74) is 3.31. The van der Waals surface area contributed by atoms with Gasteiger partial charge < -0.3 is 10.4 Å². The van der Waals surface area contributed by atoms with Crippen LogP contribution in [-0.4, -0.2) is 43.4 Å². The lowest BCUT2D eigenvalue weighted by molar-refractivity contribution is 0.0766. The van der Waals surface area contributed by atoms with Crippen molar-refractivity contribution in [1.82, 2.24) is 19.9 Å². The highest BCUT2D eigenvalue weighted by atomic mass is 32.2. The molecular formula is C21H27N5OS2. The molecule has 1 fully saturated rings. The average Bonchev–Trinajstić information content (AvgIpc) is 3.29. The maximum Gasteiger partial charge on any atom is 0.189 e. The minimum atomic E-state index is -0.442. The van der Waals surface area contributed by atoms with E-state index < -0.39 is 5.60 Å². The lowest BCUT2D eigenvalue weighted by Crippen LogP contribution is -2.24. The molecule has 0 aliphatic heterocycles. The molecule has 6 nitrogen and oxygen atoms in total. The topological polar surface area (TPSA) is 83.8 Å². The number of nitrogens with one attached hydrogen (secondary N) is 1. The van der Waals surface area contributed by atoms with Crippen LogP contribution < -0.4 is 5.32 Å². The second kappa shape index (κ2) is 8.16. The minimum absolute atomic E-state index is 0.331. The van der Waals surface area contributed by atoms with Crippen molar-refractivity contribution >= 4 is 39.1 Å². The second-order valence-corrected chi connectivity index (χ2v) is 9.51. The van der Waals surface area contributed by atoms with E-state index in [9.17, 15) is 5.11 Å². The number of thiazole rings is 1. The predicted octanol–water partition coefficient (Wildman–Crippen LogP) is 4.84. The number of aliphatic hydroxyl groups is 1. The maximum atomic E-state index is 10.5. The highest BCUT2D eigenvalue weighted by Gasteiger charge is 2.46. The molecule has 3 aromatic heterocycles. The number of hydrogen-bond acceptors (Lipinski definition) is 8. The van der Waals surface area contributed by atoms with E-state index in [2.05, 4.69) is 22.2 Å². The molecule has 8 heteroatoms. The number of thioether (sulfide) groups is 1. The summed E-state index contributed by atoms with van der Waals surface area (Å²) in [5, 5.41) is 15.7. The quantitative estimate of drug-likeness (QED) is 0.391. The first-order valence-corrected chi connectivity index (χ1v) is 12.1. The summed E-state index contributed by atoms with van der Waals surface area (Å²) in [6.45, 7) is 6.92. The molecule has 1 unspecified atom stereocenters. The van der Waals surface area contributed by atoms with Crippen LogP contribution in [0.5, 0.6) is 0 Å². The van der Waals surface area contributed by atoms with Gasteiger partial charge in [0.25, 0.3) is 0 Å². The van der Waals surface area contributed by atoms with Gasteiger partial charge in [0.2, 0.25) is 0 Å². The third-order valence-electron chi connectivity index (χ3n) is 5.76. The highest BCUT2D eigenvalue weighted by molar-refractivity contribution is 7.98. The van der Waals surface area contributed by atoms with Crippen molar-refractivity contribution in [2.45, 2.75) is 57.2 Å². The van der Waals surface area contributed by atoms with Gasteiger partial charge in [0, 0.05) is 12.7 Å². The zero-order valence-corrected chi connectivity index (χ0v) is 19.0. The lowest BCUT2D eigenvalue weighted by atomic mass is 9.93. The Kier molecular flexibility index (Phi) is 5.77. The molecule has 3 heterocycles. The molecule has 0 saturated heterocycles.